The van der Waals surface area contributed by atoms with Gasteiger partial charge in [0.15, 0.2) is 0 Å². The van der Waals surface area contributed by atoms with E-state index in [9.17, 15) is 4.79 Å². The lowest BCUT2D eigenvalue weighted by molar-refractivity contribution is -0.150. The first-order valence-electron chi connectivity index (χ1n) is 7.49. The molecule has 0 saturated heterocycles. The summed E-state index contributed by atoms with van der Waals surface area (Å²) < 4.78 is 7.35. The van der Waals surface area contributed by atoms with Crippen molar-refractivity contribution in [1.29, 1.82) is 0 Å². The van der Waals surface area contributed by atoms with Crippen molar-refractivity contribution < 1.29 is 9.53 Å². The van der Waals surface area contributed by atoms with Crippen molar-refractivity contribution in [2.75, 3.05) is 13.7 Å². The zero-order valence-electron chi connectivity index (χ0n) is 12.7. The van der Waals surface area contributed by atoms with Crippen molar-refractivity contribution in [3.63, 3.8) is 0 Å². The maximum absolute atomic E-state index is 12.0. The van der Waals surface area contributed by atoms with Gasteiger partial charge in [-0.25, -0.2) is 4.98 Å². The van der Waals surface area contributed by atoms with Gasteiger partial charge in [0, 0.05) is 12.2 Å². The Morgan fingerprint density at radius 3 is 2.95 bits per heavy atom. The molecular formula is C15H25N3O2. The maximum atomic E-state index is 12.0. The van der Waals surface area contributed by atoms with Crippen molar-refractivity contribution in [2.24, 2.45) is 0 Å². The van der Waals surface area contributed by atoms with Crippen LogP contribution < -0.4 is 5.32 Å². The van der Waals surface area contributed by atoms with Crippen LogP contribution in [0.3, 0.4) is 0 Å². The van der Waals surface area contributed by atoms with Crippen LogP contribution in [0.15, 0.2) is 6.33 Å². The molecule has 1 atom stereocenters. The first kappa shape index (κ1) is 15.0. The summed E-state index contributed by atoms with van der Waals surface area (Å²) in [5.41, 5.74) is 1.94. The van der Waals surface area contributed by atoms with Gasteiger partial charge in [0.2, 0.25) is 0 Å². The second kappa shape index (κ2) is 6.39. The van der Waals surface area contributed by atoms with Crippen LogP contribution in [0.1, 0.15) is 44.5 Å². The van der Waals surface area contributed by atoms with E-state index in [0.29, 0.717) is 13.0 Å². The standard InChI is InChI=1S/C15H25N3O2/c1-4-20-14(19)15(2,16-3)9-10-18-11-17-12-7-5-6-8-13(12)18/h11,16H,4-10H2,1-3H3. The normalized spacial score (nSPS) is 17.4. The summed E-state index contributed by atoms with van der Waals surface area (Å²) in [5.74, 6) is -0.184. The fraction of sp³-hybridized carbons (Fsp3) is 0.733. The summed E-state index contributed by atoms with van der Waals surface area (Å²) in [4.78, 5) is 16.5. The maximum Gasteiger partial charge on any atom is 0.326 e. The summed E-state index contributed by atoms with van der Waals surface area (Å²) in [5, 5.41) is 3.10. The SMILES string of the molecule is CCOC(=O)C(C)(CCn1cnc2c1CCCC2)NC. The Hall–Kier alpha value is -1.36. The van der Waals surface area contributed by atoms with Gasteiger partial charge in [0.1, 0.15) is 5.54 Å². The Labute approximate surface area is 120 Å². The van der Waals surface area contributed by atoms with Crippen LogP contribution >= 0.6 is 0 Å². The van der Waals surface area contributed by atoms with Crippen molar-refractivity contribution in [2.45, 2.75) is 58.0 Å². The Balaban J connectivity index is 2.03. The number of nitrogens with one attached hydrogen (secondary N) is 1. The highest BCUT2D eigenvalue weighted by molar-refractivity contribution is 5.80. The van der Waals surface area contributed by atoms with Crippen molar-refractivity contribution in [3.05, 3.63) is 17.7 Å². The van der Waals surface area contributed by atoms with E-state index in [1.54, 1.807) is 7.05 Å². The van der Waals surface area contributed by atoms with E-state index in [0.717, 1.165) is 19.4 Å². The van der Waals surface area contributed by atoms with E-state index >= 15 is 0 Å². The molecular weight excluding hydrogens is 254 g/mol. The Morgan fingerprint density at radius 2 is 2.25 bits per heavy atom. The molecule has 0 aromatic carbocycles. The van der Waals surface area contributed by atoms with Gasteiger partial charge in [-0.3, -0.25) is 4.79 Å². The van der Waals surface area contributed by atoms with Gasteiger partial charge in [0.25, 0.3) is 0 Å². The molecule has 20 heavy (non-hydrogen) atoms. The zero-order chi connectivity index (χ0) is 14.6. The third kappa shape index (κ3) is 3.03. The highest BCUT2D eigenvalue weighted by atomic mass is 16.5. The molecule has 2 rings (SSSR count). The summed E-state index contributed by atoms with van der Waals surface area (Å²) in [7, 11) is 1.81. The largest absolute Gasteiger partial charge is 0.465 e. The number of ether oxygens (including phenoxy) is 1. The number of aromatic nitrogens is 2. The summed E-state index contributed by atoms with van der Waals surface area (Å²) in [6.45, 7) is 4.93. The smallest absolute Gasteiger partial charge is 0.326 e. The van der Waals surface area contributed by atoms with Gasteiger partial charge in [-0.05, 0) is 53.0 Å². The van der Waals surface area contributed by atoms with Gasteiger partial charge in [-0.15, -0.1) is 0 Å². The summed E-state index contributed by atoms with van der Waals surface area (Å²) in [6, 6.07) is 0. The van der Waals surface area contributed by atoms with Gasteiger partial charge in [0.05, 0.1) is 18.6 Å². The molecule has 1 aromatic rings. The third-order valence-electron chi connectivity index (χ3n) is 4.24. The van der Waals surface area contributed by atoms with E-state index in [4.69, 9.17) is 4.74 Å². The van der Waals surface area contributed by atoms with Gasteiger partial charge in [-0.1, -0.05) is 0 Å². The average molecular weight is 279 g/mol. The fourth-order valence-corrected chi connectivity index (χ4v) is 2.69. The van der Waals surface area contributed by atoms with Crippen LogP contribution in [0.2, 0.25) is 0 Å². The topological polar surface area (TPSA) is 56.2 Å². The number of imidazole rings is 1. The molecule has 0 spiro atoms. The number of hydrogen-bond acceptors (Lipinski definition) is 4. The number of esters is 1. The minimum atomic E-state index is -0.637. The molecule has 0 aliphatic heterocycles. The van der Waals surface area contributed by atoms with Crippen LogP contribution in [0, 0.1) is 0 Å². The lowest BCUT2D eigenvalue weighted by Crippen LogP contribution is -2.49. The number of aryl methyl sites for hydroxylation is 2. The van der Waals surface area contributed by atoms with Gasteiger partial charge in [-0.2, -0.15) is 0 Å². The second-order valence-electron chi connectivity index (χ2n) is 5.59. The molecule has 1 unspecified atom stereocenters. The molecule has 1 heterocycles. The van der Waals surface area contributed by atoms with Gasteiger partial charge < -0.3 is 14.6 Å². The molecule has 5 nitrogen and oxygen atoms in total. The molecule has 0 bridgehead atoms. The first-order chi connectivity index (χ1) is 9.60. The number of fused-ring (bicyclic) bond motifs is 1. The van der Waals surface area contributed by atoms with E-state index < -0.39 is 5.54 Å². The molecule has 1 N–H and O–H groups in total. The van der Waals surface area contributed by atoms with E-state index in [-0.39, 0.29) is 5.97 Å². The summed E-state index contributed by atoms with van der Waals surface area (Å²) in [6.07, 6.45) is 7.28. The number of nitrogens with zero attached hydrogens (tertiary/aromatic N) is 2. The van der Waals surface area contributed by atoms with Crippen LogP contribution in [0.5, 0.6) is 0 Å². The van der Waals surface area contributed by atoms with Crippen LogP contribution in [0.4, 0.5) is 0 Å². The Bertz CT molecular complexity index is 470. The minimum Gasteiger partial charge on any atom is -0.465 e. The molecule has 0 fully saturated rings. The minimum absolute atomic E-state index is 0.184. The fourth-order valence-electron chi connectivity index (χ4n) is 2.69. The average Bonchev–Trinajstić information content (AvgIpc) is 2.88. The molecule has 112 valence electrons. The zero-order valence-corrected chi connectivity index (χ0v) is 12.7. The van der Waals surface area contributed by atoms with Gasteiger partial charge >= 0.3 is 5.97 Å². The lowest BCUT2D eigenvalue weighted by atomic mass is 9.97. The Morgan fingerprint density at radius 1 is 1.50 bits per heavy atom. The predicted octanol–water partition coefficient (Wildman–Crippen LogP) is 1.69. The van der Waals surface area contributed by atoms with E-state index in [2.05, 4.69) is 14.9 Å². The molecule has 0 amide bonds. The van der Waals surface area contributed by atoms with Crippen molar-refractivity contribution in [1.82, 2.24) is 14.9 Å². The predicted molar refractivity (Wildman–Crippen MR) is 77.6 cm³/mol. The summed E-state index contributed by atoms with van der Waals surface area (Å²) >= 11 is 0. The second-order valence-corrected chi connectivity index (χ2v) is 5.59. The molecule has 1 aliphatic rings. The Kier molecular flexibility index (Phi) is 4.81. The highest BCUT2D eigenvalue weighted by Crippen LogP contribution is 2.21. The van der Waals surface area contributed by atoms with Crippen LogP contribution in [-0.4, -0.2) is 34.7 Å². The molecule has 1 aliphatic carbocycles. The van der Waals surface area contributed by atoms with Crippen molar-refractivity contribution >= 4 is 5.97 Å². The number of hydrogen-bond donors (Lipinski definition) is 1. The number of carbonyl (C=O) groups excluding carboxylic acids is 1. The molecule has 0 radical (unpaired) electrons. The highest BCUT2D eigenvalue weighted by Gasteiger charge is 2.33. The van der Waals surface area contributed by atoms with Crippen molar-refractivity contribution in [3.8, 4) is 0 Å². The lowest BCUT2D eigenvalue weighted by Gasteiger charge is -2.27. The monoisotopic (exact) mass is 279 g/mol. The van der Waals surface area contributed by atoms with E-state index in [1.165, 1.54) is 24.2 Å². The number of rotatable bonds is 6. The quantitative estimate of drug-likeness (QED) is 0.805. The molecule has 5 heteroatoms. The first-order valence-corrected chi connectivity index (χ1v) is 7.49. The molecule has 1 aromatic heterocycles. The number of carbonyl (C=O) groups is 1. The third-order valence-corrected chi connectivity index (χ3v) is 4.24. The van der Waals surface area contributed by atoms with Crippen LogP contribution in [-0.2, 0) is 28.9 Å². The van der Waals surface area contributed by atoms with Crippen LogP contribution in [0.25, 0.3) is 0 Å². The molecule has 0 saturated carbocycles. The number of likely N-dealkylation sites (N-methyl/N-ethyl adjacent to an activating group) is 1. The van der Waals surface area contributed by atoms with E-state index in [1.807, 2.05) is 20.2 Å².